The molecule has 0 atom stereocenters. The molecule has 126 valence electrons. The lowest BCUT2D eigenvalue weighted by atomic mass is 10.0. The van der Waals surface area contributed by atoms with Gasteiger partial charge in [0.2, 0.25) is 0 Å². The molecule has 0 aliphatic heterocycles. The van der Waals surface area contributed by atoms with Crippen LogP contribution in [-0.4, -0.2) is 0 Å². The van der Waals surface area contributed by atoms with Crippen LogP contribution in [0.25, 0.3) is 11.1 Å². The van der Waals surface area contributed by atoms with Gasteiger partial charge in [-0.15, -0.1) is 0 Å². The molecule has 0 amide bonds. The summed E-state index contributed by atoms with van der Waals surface area (Å²) >= 11 is 0. The fourth-order valence-corrected chi connectivity index (χ4v) is 3.30. The van der Waals surface area contributed by atoms with E-state index in [1.54, 1.807) is 0 Å². The van der Waals surface area contributed by atoms with Crippen molar-refractivity contribution in [1.29, 1.82) is 0 Å². The second-order valence-electron chi connectivity index (χ2n) is 6.37. The van der Waals surface area contributed by atoms with Gasteiger partial charge >= 0.3 is 0 Å². The molecular formula is C25H21N. The second-order valence-corrected chi connectivity index (χ2v) is 6.37. The van der Waals surface area contributed by atoms with Gasteiger partial charge in [0, 0.05) is 17.1 Å². The first-order valence-electron chi connectivity index (χ1n) is 8.89. The van der Waals surface area contributed by atoms with Crippen LogP contribution >= 0.6 is 0 Å². The van der Waals surface area contributed by atoms with E-state index in [-0.39, 0.29) is 0 Å². The zero-order chi connectivity index (χ0) is 17.8. The van der Waals surface area contributed by atoms with Crippen molar-refractivity contribution in [3.63, 3.8) is 0 Å². The summed E-state index contributed by atoms with van der Waals surface area (Å²) in [5, 5.41) is 0. The molecule has 0 fully saturated rings. The molecule has 0 unspecified atom stereocenters. The molecule has 1 heteroatoms. The lowest BCUT2D eigenvalue weighted by Crippen LogP contribution is -2.11. The number of nitrogens with zero attached hydrogens (tertiary/aromatic N) is 1. The number of anilines is 3. The smallest absolute Gasteiger partial charge is 0.0491 e. The van der Waals surface area contributed by atoms with E-state index < -0.39 is 0 Å². The topological polar surface area (TPSA) is 3.24 Å². The third-order valence-corrected chi connectivity index (χ3v) is 4.57. The summed E-state index contributed by atoms with van der Waals surface area (Å²) in [6.07, 6.45) is 0. The molecule has 0 spiro atoms. The highest BCUT2D eigenvalue weighted by molar-refractivity contribution is 5.80. The summed E-state index contributed by atoms with van der Waals surface area (Å²) in [7, 11) is 0. The van der Waals surface area contributed by atoms with Crippen molar-refractivity contribution >= 4 is 17.1 Å². The highest BCUT2D eigenvalue weighted by Gasteiger charge is 2.14. The highest BCUT2D eigenvalue weighted by Crippen LogP contribution is 2.37. The Balaban J connectivity index is 1.82. The maximum atomic E-state index is 2.31. The Kier molecular flexibility index (Phi) is 4.53. The zero-order valence-corrected chi connectivity index (χ0v) is 14.8. The van der Waals surface area contributed by atoms with Crippen LogP contribution in [0.3, 0.4) is 0 Å². The Morgan fingerprint density at radius 2 is 1.00 bits per heavy atom. The van der Waals surface area contributed by atoms with Crippen LogP contribution in [0.1, 0.15) is 5.56 Å². The molecule has 1 nitrogen and oxygen atoms in total. The van der Waals surface area contributed by atoms with Crippen molar-refractivity contribution in [2.75, 3.05) is 4.90 Å². The fourth-order valence-electron chi connectivity index (χ4n) is 3.30. The average Bonchev–Trinajstić information content (AvgIpc) is 2.72. The monoisotopic (exact) mass is 335 g/mol. The third kappa shape index (κ3) is 3.25. The lowest BCUT2D eigenvalue weighted by Gasteiger charge is -2.27. The molecule has 4 rings (SSSR count). The van der Waals surface area contributed by atoms with Gasteiger partial charge in [-0.3, -0.25) is 0 Å². The number of rotatable bonds is 4. The number of hydrogen-bond acceptors (Lipinski definition) is 1. The minimum atomic E-state index is 1.16. The minimum Gasteiger partial charge on any atom is -0.310 e. The van der Waals surface area contributed by atoms with Crippen LogP contribution < -0.4 is 4.90 Å². The van der Waals surface area contributed by atoms with E-state index in [2.05, 4.69) is 121 Å². The Morgan fingerprint density at radius 3 is 1.50 bits per heavy atom. The van der Waals surface area contributed by atoms with Crippen LogP contribution in [-0.2, 0) is 0 Å². The first kappa shape index (κ1) is 16.2. The van der Waals surface area contributed by atoms with E-state index in [4.69, 9.17) is 0 Å². The lowest BCUT2D eigenvalue weighted by molar-refractivity contribution is 1.25. The number of benzene rings is 4. The predicted octanol–water partition coefficient (Wildman–Crippen LogP) is 7.13. The van der Waals surface area contributed by atoms with Gasteiger partial charge in [0.15, 0.2) is 0 Å². The summed E-state index contributed by atoms with van der Waals surface area (Å²) in [6, 6.07) is 38.3. The first-order valence-corrected chi connectivity index (χ1v) is 8.89. The van der Waals surface area contributed by atoms with Crippen molar-refractivity contribution < 1.29 is 0 Å². The molecule has 0 aromatic heterocycles. The van der Waals surface area contributed by atoms with E-state index in [0.29, 0.717) is 0 Å². The molecule has 0 heterocycles. The van der Waals surface area contributed by atoms with Crippen molar-refractivity contribution in [1.82, 2.24) is 0 Å². The van der Waals surface area contributed by atoms with Gasteiger partial charge in [-0.1, -0.05) is 72.8 Å². The third-order valence-electron chi connectivity index (χ3n) is 4.57. The van der Waals surface area contributed by atoms with Gasteiger partial charge in [0.1, 0.15) is 0 Å². The van der Waals surface area contributed by atoms with E-state index in [0.717, 1.165) is 11.4 Å². The van der Waals surface area contributed by atoms with Crippen molar-refractivity contribution in [3.05, 3.63) is 115 Å². The average molecular weight is 335 g/mol. The zero-order valence-electron chi connectivity index (χ0n) is 14.8. The van der Waals surface area contributed by atoms with Crippen LogP contribution in [0.4, 0.5) is 17.1 Å². The molecule has 4 aromatic carbocycles. The normalized spacial score (nSPS) is 10.5. The summed E-state index contributed by atoms with van der Waals surface area (Å²) in [4.78, 5) is 2.31. The molecule has 0 radical (unpaired) electrons. The molecule has 4 aromatic rings. The predicted molar refractivity (Wildman–Crippen MR) is 111 cm³/mol. The Bertz CT molecular complexity index is 937. The van der Waals surface area contributed by atoms with Gasteiger partial charge in [-0.25, -0.2) is 0 Å². The summed E-state index contributed by atoms with van der Waals surface area (Å²) < 4.78 is 0. The molecule has 0 saturated heterocycles. The number of para-hydroxylation sites is 2. The van der Waals surface area contributed by atoms with Gasteiger partial charge in [0.05, 0.1) is 0 Å². The van der Waals surface area contributed by atoms with Crippen LogP contribution in [0, 0.1) is 6.92 Å². The first-order chi connectivity index (χ1) is 12.8. The van der Waals surface area contributed by atoms with Gasteiger partial charge < -0.3 is 4.90 Å². The minimum absolute atomic E-state index is 1.16. The second kappa shape index (κ2) is 7.28. The fraction of sp³-hybridized carbons (Fsp3) is 0.0400. The SMILES string of the molecule is Cc1cc(-c2ccccc2)ccc1N(c1ccccc1)c1ccccc1. The number of aryl methyl sites for hydroxylation is 1. The Labute approximate surface area is 155 Å². The Hall–Kier alpha value is -3.32. The molecule has 0 aliphatic rings. The van der Waals surface area contributed by atoms with E-state index in [9.17, 15) is 0 Å². The largest absolute Gasteiger partial charge is 0.310 e. The number of hydrogen-bond donors (Lipinski definition) is 0. The van der Waals surface area contributed by atoms with Crippen molar-refractivity contribution in [2.45, 2.75) is 6.92 Å². The van der Waals surface area contributed by atoms with Crippen molar-refractivity contribution in [2.24, 2.45) is 0 Å². The molecular weight excluding hydrogens is 314 g/mol. The quantitative estimate of drug-likeness (QED) is 0.383. The van der Waals surface area contributed by atoms with E-state index in [1.807, 2.05) is 0 Å². The maximum absolute atomic E-state index is 2.31. The molecule has 0 N–H and O–H groups in total. The summed E-state index contributed by atoms with van der Waals surface area (Å²) in [6.45, 7) is 2.18. The molecule has 0 saturated carbocycles. The van der Waals surface area contributed by atoms with E-state index in [1.165, 1.54) is 22.4 Å². The summed E-state index contributed by atoms with van der Waals surface area (Å²) in [5.41, 5.74) is 7.26. The molecule has 0 bridgehead atoms. The highest BCUT2D eigenvalue weighted by atomic mass is 15.1. The van der Waals surface area contributed by atoms with Gasteiger partial charge in [0.25, 0.3) is 0 Å². The maximum Gasteiger partial charge on any atom is 0.0491 e. The van der Waals surface area contributed by atoms with Crippen molar-refractivity contribution in [3.8, 4) is 11.1 Å². The standard InChI is InChI=1S/C25H21N/c1-20-19-22(21-11-5-2-6-12-21)17-18-25(20)26(23-13-7-3-8-14-23)24-15-9-4-10-16-24/h2-19H,1H3. The molecule has 26 heavy (non-hydrogen) atoms. The van der Waals surface area contributed by atoms with Gasteiger partial charge in [-0.2, -0.15) is 0 Å². The molecule has 0 aliphatic carbocycles. The van der Waals surface area contributed by atoms with Gasteiger partial charge in [-0.05, 0) is 60.0 Å². The Morgan fingerprint density at radius 1 is 0.500 bits per heavy atom. The van der Waals surface area contributed by atoms with Crippen LogP contribution in [0.15, 0.2) is 109 Å². The van der Waals surface area contributed by atoms with E-state index >= 15 is 0 Å². The summed E-state index contributed by atoms with van der Waals surface area (Å²) in [5.74, 6) is 0. The van der Waals surface area contributed by atoms with Crippen LogP contribution in [0.2, 0.25) is 0 Å². The van der Waals surface area contributed by atoms with Crippen LogP contribution in [0.5, 0.6) is 0 Å².